The van der Waals surface area contributed by atoms with Gasteiger partial charge < -0.3 is 14.2 Å². The summed E-state index contributed by atoms with van der Waals surface area (Å²) in [5, 5.41) is 0. The number of ether oxygens (including phenoxy) is 3. The van der Waals surface area contributed by atoms with E-state index in [1.165, 1.54) is 70.6 Å². The van der Waals surface area contributed by atoms with E-state index in [2.05, 4.69) is 93.7 Å². The number of carbonyl (C=O) groups is 3. The standard InChI is InChI=1S/C49H82O6/c1-4-7-10-13-16-19-21-22-23-24-25-26-28-30-33-36-39-42-48(51)54-45-46(44-53-47(50)41-38-35-32-29-18-15-12-9-6-3)55-49(52)43-40-37-34-31-27-20-17-14-11-8-5-2/h9,12,14,17-18,22-23,25-26,29-30,33,46H,4-8,10-11,13,15-16,19-21,24,27-28,31-32,34-45H2,1-3H3/b12-9-,17-14-,23-22-,26-25-,29-18-,33-30-. The lowest BCUT2D eigenvalue weighted by Gasteiger charge is -2.18. The number of esters is 3. The molecule has 0 bridgehead atoms. The summed E-state index contributed by atoms with van der Waals surface area (Å²) in [6, 6.07) is 0. The Morgan fingerprint density at radius 3 is 1.29 bits per heavy atom. The molecule has 6 nitrogen and oxygen atoms in total. The second kappa shape index (κ2) is 43.6. The third-order valence-corrected chi connectivity index (χ3v) is 9.16. The van der Waals surface area contributed by atoms with E-state index in [1.54, 1.807) is 0 Å². The molecule has 0 aliphatic rings. The van der Waals surface area contributed by atoms with E-state index in [1.807, 2.05) is 0 Å². The molecule has 1 atom stereocenters. The zero-order chi connectivity index (χ0) is 40.1. The fraction of sp³-hybridized carbons (Fsp3) is 0.694. The van der Waals surface area contributed by atoms with E-state index in [9.17, 15) is 14.4 Å². The number of hydrogen-bond donors (Lipinski definition) is 0. The maximum Gasteiger partial charge on any atom is 0.306 e. The summed E-state index contributed by atoms with van der Waals surface area (Å²) in [6.45, 7) is 6.36. The van der Waals surface area contributed by atoms with Crippen LogP contribution in [0.4, 0.5) is 0 Å². The highest BCUT2D eigenvalue weighted by atomic mass is 16.6. The quantitative estimate of drug-likeness (QED) is 0.0268. The van der Waals surface area contributed by atoms with Gasteiger partial charge in [0.1, 0.15) is 13.2 Å². The van der Waals surface area contributed by atoms with Crippen molar-refractivity contribution in [3.05, 3.63) is 72.9 Å². The number of carbonyl (C=O) groups excluding carboxylic acids is 3. The highest BCUT2D eigenvalue weighted by molar-refractivity contribution is 5.71. The van der Waals surface area contributed by atoms with Crippen LogP contribution in [0.3, 0.4) is 0 Å². The van der Waals surface area contributed by atoms with E-state index in [0.29, 0.717) is 19.3 Å². The first kappa shape index (κ1) is 51.9. The Morgan fingerprint density at radius 1 is 0.382 bits per heavy atom. The van der Waals surface area contributed by atoms with Crippen molar-refractivity contribution < 1.29 is 28.6 Å². The van der Waals surface area contributed by atoms with Crippen LogP contribution in [0.15, 0.2) is 72.9 Å². The van der Waals surface area contributed by atoms with Crippen molar-refractivity contribution in [2.75, 3.05) is 13.2 Å². The number of rotatable bonds is 39. The zero-order valence-corrected chi connectivity index (χ0v) is 35.7. The summed E-state index contributed by atoms with van der Waals surface area (Å²) in [5.41, 5.74) is 0. The average Bonchev–Trinajstić information content (AvgIpc) is 3.18. The van der Waals surface area contributed by atoms with Crippen molar-refractivity contribution in [3.63, 3.8) is 0 Å². The molecule has 0 heterocycles. The molecule has 314 valence electrons. The summed E-state index contributed by atoms with van der Waals surface area (Å²) >= 11 is 0. The van der Waals surface area contributed by atoms with Crippen LogP contribution in [-0.2, 0) is 28.6 Å². The molecule has 0 radical (unpaired) electrons. The lowest BCUT2D eigenvalue weighted by molar-refractivity contribution is -0.167. The SMILES string of the molecule is CC/C=C\C/C=C\CCCCC(=O)OCC(COC(=O)CCC/C=C\C/C=C\C/C=C\CCCCCCCC)OC(=O)CCCCCCC/C=C\CCCC. The van der Waals surface area contributed by atoms with Gasteiger partial charge in [0.2, 0.25) is 0 Å². The third kappa shape index (κ3) is 41.8. The number of hydrogen-bond acceptors (Lipinski definition) is 6. The van der Waals surface area contributed by atoms with Crippen molar-refractivity contribution in [1.82, 2.24) is 0 Å². The number of unbranched alkanes of at least 4 members (excludes halogenated alkanes) is 16. The Bertz CT molecular complexity index is 1070. The molecule has 1 unspecified atom stereocenters. The molecule has 0 fully saturated rings. The Morgan fingerprint density at radius 2 is 0.745 bits per heavy atom. The Kier molecular flexibility index (Phi) is 41.1. The summed E-state index contributed by atoms with van der Waals surface area (Å²) in [6.07, 6.45) is 53.3. The van der Waals surface area contributed by atoms with Crippen LogP contribution in [0, 0.1) is 0 Å². The van der Waals surface area contributed by atoms with Crippen LogP contribution in [0.1, 0.15) is 201 Å². The van der Waals surface area contributed by atoms with E-state index in [0.717, 1.165) is 83.5 Å². The molecule has 6 heteroatoms. The smallest absolute Gasteiger partial charge is 0.306 e. The van der Waals surface area contributed by atoms with Gasteiger partial charge in [0, 0.05) is 19.3 Å². The molecule has 0 aromatic carbocycles. The maximum atomic E-state index is 12.7. The Hall–Kier alpha value is -3.15. The lowest BCUT2D eigenvalue weighted by atomic mass is 10.1. The second-order valence-corrected chi connectivity index (χ2v) is 14.6. The molecule has 0 rings (SSSR count). The molecule has 0 saturated carbocycles. The van der Waals surface area contributed by atoms with Gasteiger partial charge in [-0.15, -0.1) is 0 Å². The average molecular weight is 767 g/mol. The monoisotopic (exact) mass is 767 g/mol. The van der Waals surface area contributed by atoms with E-state index < -0.39 is 6.10 Å². The first-order valence-corrected chi connectivity index (χ1v) is 22.4. The topological polar surface area (TPSA) is 78.9 Å². The van der Waals surface area contributed by atoms with E-state index in [4.69, 9.17) is 14.2 Å². The molecule has 0 aromatic rings. The van der Waals surface area contributed by atoms with Gasteiger partial charge in [-0.3, -0.25) is 14.4 Å². The van der Waals surface area contributed by atoms with E-state index >= 15 is 0 Å². The summed E-state index contributed by atoms with van der Waals surface area (Å²) in [5.74, 6) is -1.02. The minimum Gasteiger partial charge on any atom is -0.462 e. The van der Waals surface area contributed by atoms with Gasteiger partial charge in [-0.2, -0.15) is 0 Å². The lowest BCUT2D eigenvalue weighted by Crippen LogP contribution is -2.30. The van der Waals surface area contributed by atoms with Gasteiger partial charge >= 0.3 is 17.9 Å². The third-order valence-electron chi connectivity index (χ3n) is 9.16. The molecule has 0 aliphatic carbocycles. The highest BCUT2D eigenvalue weighted by Crippen LogP contribution is 2.12. The summed E-state index contributed by atoms with van der Waals surface area (Å²) in [7, 11) is 0. The Balaban J connectivity index is 4.46. The van der Waals surface area contributed by atoms with Crippen LogP contribution >= 0.6 is 0 Å². The highest BCUT2D eigenvalue weighted by Gasteiger charge is 2.19. The first-order chi connectivity index (χ1) is 27.0. The minimum atomic E-state index is -0.809. The van der Waals surface area contributed by atoms with Gasteiger partial charge in [-0.05, 0) is 96.3 Å². The van der Waals surface area contributed by atoms with Crippen molar-refractivity contribution in [3.8, 4) is 0 Å². The van der Waals surface area contributed by atoms with Crippen molar-refractivity contribution >= 4 is 17.9 Å². The second-order valence-electron chi connectivity index (χ2n) is 14.6. The normalized spacial score (nSPS) is 12.7. The van der Waals surface area contributed by atoms with Crippen molar-refractivity contribution in [2.45, 2.75) is 207 Å². The van der Waals surface area contributed by atoms with Crippen LogP contribution in [-0.4, -0.2) is 37.2 Å². The molecule has 0 amide bonds. The molecule has 0 saturated heterocycles. The van der Waals surface area contributed by atoms with Gasteiger partial charge in [-0.1, -0.05) is 158 Å². The Labute approximate surface area is 338 Å². The fourth-order valence-electron chi connectivity index (χ4n) is 5.77. The van der Waals surface area contributed by atoms with Gasteiger partial charge in [0.05, 0.1) is 0 Å². The zero-order valence-electron chi connectivity index (χ0n) is 35.7. The predicted octanol–water partition coefficient (Wildman–Crippen LogP) is 14.3. The van der Waals surface area contributed by atoms with Gasteiger partial charge in [0.15, 0.2) is 6.10 Å². The number of allylic oxidation sites excluding steroid dienone is 12. The van der Waals surface area contributed by atoms with Gasteiger partial charge in [-0.25, -0.2) is 0 Å². The van der Waals surface area contributed by atoms with Gasteiger partial charge in [0.25, 0.3) is 0 Å². The van der Waals surface area contributed by atoms with Crippen molar-refractivity contribution in [1.29, 1.82) is 0 Å². The predicted molar refractivity (Wildman–Crippen MR) is 233 cm³/mol. The van der Waals surface area contributed by atoms with Crippen molar-refractivity contribution in [2.24, 2.45) is 0 Å². The molecule has 0 spiro atoms. The molecular formula is C49H82O6. The maximum absolute atomic E-state index is 12.7. The first-order valence-electron chi connectivity index (χ1n) is 22.4. The largest absolute Gasteiger partial charge is 0.462 e. The summed E-state index contributed by atoms with van der Waals surface area (Å²) in [4.78, 5) is 37.6. The van der Waals surface area contributed by atoms with Crippen LogP contribution in [0.5, 0.6) is 0 Å². The molecule has 0 aliphatic heterocycles. The molecule has 55 heavy (non-hydrogen) atoms. The van der Waals surface area contributed by atoms with Crippen LogP contribution < -0.4 is 0 Å². The minimum absolute atomic E-state index is 0.113. The molecule has 0 N–H and O–H groups in total. The van der Waals surface area contributed by atoms with Crippen LogP contribution in [0.25, 0.3) is 0 Å². The molecule has 0 aromatic heterocycles. The summed E-state index contributed by atoms with van der Waals surface area (Å²) < 4.78 is 16.6. The van der Waals surface area contributed by atoms with E-state index in [-0.39, 0.29) is 37.5 Å². The fourth-order valence-corrected chi connectivity index (χ4v) is 5.77. The molecular weight excluding hydrogens is 685 g/mol. The van der Waals surface area contributed by atoms with Crippen LogP contribution in [0.2, 0.25) is 0 Å².